The van der Waals surface area contributed by atoms with E-state index in [2.05, 4.69) is 27.4 Å². The van der Waals surface area contributed by atoms with Gasteiger partial charge in [0.25, 0.3) is 0 Å². The molecule has 2 aliphatic rings. The predicted molar refractivity (Wildman–Crippen MR) is 188 cm³/mol. The normalized spacial score (nSPS) is 20.0. The maximum absolute atomic E-state index is 13.4. The number of ether oxygens (including phenoxy) is 1. The summed E-state index contributed by atoms with van der Waals surface area (Å²) in [6.45, 7) is 8.87. The molecular formula is C37H46N8O3. The van der Waals surface area contributed by atoms with Gasteiger partial charge in [0.2, 0.25) is 5.96 Å². The summed E-state index contributed by atoms with van der Waals surface area (Å²) in [5, 5.41) is 23.3. The van der Waals surface area contributed by atoms with E-state index in [-0.39, 0.29) is 40.9 Å². The molecular weight excluding hydrogens is 604 g/mol. The predicted octanol–water partition coefficient (Wildman–Crippen LogP) is 6.31. The number of rotatable bonds is 6. The standard InChI is InChI=1S/C37H46N8O3/c1-24-9-7-8-20-44(24)35(40)45-22-27(16-19-33(45)39)48-31-18-17-30(28-10-5-6-11-29(28)31)42-36(47)43-34(21-32(38)37(2,3)4)41-26-14-12-25(23-46)13-15-26/h5-6,10-16,19,21-24,30-31,39-40H,7-9,17-18,20,38H2,1-4H3,(H2,41,42,43,47)/b32-21-,39-33?,40-35?/t24-,30-,31+/m0/s1. The molecule has 2 amide bonds. The summed E-state index contributed by atoms with van der Waals surface area (Å²) in [5.74, 6) is 1.14. The third-order valence-corrected chi connectivity index (χ3v) is 8.92. The van der Waals surface area contributed by atoms with E-state index in [4.69, 9.17) is 21.3 Å². The first-order chi connectivity index (χ1) is 22.9. The minimum absolute atomic E-state index is 0.226. The lowest BCUT2D eigenvalue weighted by atomic mass is 9.85. The van der Waals surface area contributed by atoms with Gasteiger partial charge in [0.15, 0.2) is 0 Å². The van der Waals surface area contributed by atoms with Gasteiger partial charge in [-0.25, -0.2) is 9.79 Å². The number of hydrogen-bond acceptors (Lipinski definition) is 7. The van der Waals surface area contributed by atoms with Gasteiger partial charge >= 0.3 is 6.03 Å². The van der Waals surface area contributed by atoms with Crippen LogP contribution in [0.3, 0.4) is 0 Å². The average molecular weight is 651 g/mol. The molecule has 1 aliphatic carbocycles. The Bertz CT molecular complexity index is 1770. The van der Waals surface area contributed by atoms with E-state index >= 15 is 0 Å². The van der Waals surface area contributed by atoms with E-state index in [0.29, 0.717) is 35.5 Å². The van der Waals surface area contributed by atoms with Crippen LogP contribution in [0.15, 0.2) is 83.6 Å². The summed E-state index contributed by atoms with van der Waals surface area (Å²) >= 11 is 0. The number of nitrogens with zero attached hydrogens (tertiary/aromatic N) is 3. The van der Waals surface area contributed by atoms with Gasteiger partial charge in [-0.05, 0) is 86.6 Å². The van der Waals surface area contributed by atoms with Gasteiger partial charge in [-0.15, -0.1) is 0 Å². The Labute approximate surface area is 281 Å². The lowest BCUT2D eigenvalue weighted by molar-refractivity contribution is 0.112. The lowest BCUT2D eigenvalue weighted by Gasteiger charge is -2.36. The zero-order valence-corrected chi connectivity index (χ0v) is 28.1. The first-order valence-electron chi connectivity index (χ1n) is 16.5. The monoisotopic (exact) mass is 650 g/mol. The van der Waals surface area contributed by atoms with E-state index in [1.807, 2.05) is 45.0 Å². The van der Waals surface area contributed by atoms with Crippen molar-refractivity contribution in [2.75, 3.05) is 6.54 Å². The Morgan fingerprint density at radius 2 is 1.75 bits per heavy atom. The maximum atomic E-state index is 13.4. The van der Waals surface area contributed by atoms with Gasteiger partial charge in [-0.1, -0.05) is 45.0 Å². The maximum Gasteiger partial charge on any atom is 0.320 e. The Hall–Kier alpha value is -5.19. The number of piperidine rings is 1. The molecule has 1 fully saturated rings. The van der Waals surface area contributed by atoms with Crippen LogP contribution in [0.1, 0.15) is 93.4 Å². The number of amidine groups is 1. The Kier molecular flexibility index (Phi) is 10.5. The SMILES string of the molecule is C[C@H]1CCCCN1C(=N)n1cc(O[C@@H]2CC[C@H](NC(=O)NC(/C=C(\N)C(C)(C)C)=Nc3ccc(C=O)cc3)c3ccccc32)ccc1=N. The number of carbonyl (C=O) groups excluding carboxylic acids is 2. The molecule has 0 bridgehead atoms. The van der Waals surface area contributed by atoms with Crippen LogP contribution in [0.4, 0.5) is 10.5 Å². The van der Waals surface area contributed by atoms with E-state index < -0.39 is 6.03 Å². The molecule has 1 aliphatic heterocycles. The van der Waals surface area contributed by atoms with Crippen molar-refractivity contribution in [3.8, 4) is 5.75 Å². The first kappa shape index (κ1) is 34.2. The van der Waals surface area contributed by atoms with Crippen molar-refractivity contribution >= 4 is 29.8 Å². The minimum Gasteiger partial charge on any atom is -0.484 e. The summed E-state index contributed by atoms with van der Waals surface area (Å²) in [6.07, 6.45) is 8.39. The number of fused-ring (bicyclic) bond motifs is 1. The van der Waals surface area contributed by atoms with Gasteiger partial charge < -0.3 is 20.7 Å². The highest BCUT2D eigenvalue weighted by molar-refractivity contribution is 6.05. The molecule has 0 radical (unpaired) electrons. The van der Waals surface area contributed by atoms with E-state index in [0.717, 1.165) is 43.2 Å². The molecule has 11 nitrogen and oxygen atoms in total. The average Bonchev–Trinajstić information content (AvgIpc) is 3.06. The number of aldehydes is 1. The molecule has 6 N–H and O–H groups in total. The fourth-order valence-electron chi connectivity index (χ4n) is 6.00. The summed E-state index contributed by atoms with van der Waals surface area (Å²) < 4.78 is 8.09. The van der Waals surface area contributed by atoms with Crippen LogP contribution in [0.25, 0.3) is 0 Å². The number of aliphatic imine (C=N–C) groups is 1. The summed E-state index contributed by atoms with van der Waals surface area (Å²) in [5.41, 5.74) is 9.81. The number of amides is 2. The van der Waals surface area contributed by atoms with Crippen LogP contribution in [0.5, 0.6) is 5.75 Å². The van der Waals surface area contributed by atoms with Crippen molar-refractivity contribution in [1.82, 2.24) is 20.1 Å². The quantitative estimate of drug-likeness (QED) is 0.120. The van der Waals surface area contributed by atoms with Crippen molar-refractivity contribution in [2.24, 2.45) is 16.1 Å². The van der Waals surface area contributed by atoms with Crippen LogP contribution in [0, 0.1) is 16.2 Å². The number of hydrogen-bond donors (Lipinski definition) is 5. The number of urea groups is 1. The van der Waals surface area contributed by atoms with Gasteiger partial charge in [0.1, 0.15) is 29.5 Å². The highest BCUT2D eigenvalue weighted by Crippen LogP contribution is 2.38. The van der Waals surface area contributed by atoms with Gasteiger partial charge in [-0.2, -0.15) is 0 Å². The molecule has 3 atom stereocenters. The number of benzene rings is 2. The molecule has 48 heavy (non-hydrogen) atoms. The van der Waals surface area contributed by atoms with Gasteiger partial charge in [-0.3, -0.25) is 25.5 Å². The number of aromatic nitrogens is 1. The third-order valence-electron chi connectivity index (χ3n) is 8.92. The second-order valence-electron chi connectivity index (χ2n) is 13.5. The molecule has 5 rings (SSSR count). The lowest BCUT2D eigenvalue weighted by Crippen LogP contribution is -2.47. The number of nitrogens with two attached hydrogens (primary N) is 1. The van der Waals surface area contributed by atoms with Gasteiger partial charge in [0, 0.05) is 35.3 Å². The van der Waals surface area contributed by atoms with Crippen molar-refractivity contribution < 1.29 is 14.3 Å². The second-order valence-corrected chi connectivity index (χ2v) is 13.5. The van der Waals surface area contributed by atoms with Crippen LogP contribution in [-0.4, -0.2) is 46.2 Å². The Balaban J connectivity index is 1.32. The molecule has 0 spiro atoms. The fraction of sp³-hybridized carbons (Fsp3) is 0.378. The molecule has 3 aromatic rings. The van der Waals surface area contributed by atoms with Crippen LogP contribution < -0.4 is 26.6 Å². The summed E-state index contributed by atoms with van der Waals surface area (Å²) in [4.78, 5) is 31.2. The molecule has 0 unspecified atom stereocenters. The van der Waals surface area contributed by atoms with E-state index in [1.165, 1.54) is 0 Å². The second kappa shape index (κ2) is 14.7. The Morgan fingerprint density at radius 3 is 2.44 bits per heavy atom. The third kappa shape index (κ3) is 8.20. The van der Waals surface area contributed by atoms with E-state index in [1.54, 1.807) is 53.2 Å². The molecule has 2 aromatic carbocycles. The topological polar surface area (TPSA) is 162 Å². The van der Waals surface area contributed by atoms with Crippen LogP contribution in [0.2, 0.25) is 0 Å². The number of allylic oxidation sites excluding steroid dienone is 1. The van der Waals surface area contributed by atoms with Gasteiger partial charge in [0.05, 0.1) is 17.9 Å². The molecule has 11 heteroatoms. The zero-order valence-electron chi connectivity index (χ0n) is 28.1. The molecule has 1 saturated heterocycles. The van der Waals surface area contributed by atoms with Crippen molar-refractivity contribution in [3.05, 3.63) is 101 Å². The highest BCUT2D eigenvalue weighted by Gasteiger charge is 2.30. The molecule has 252 valence electrons. The smallest absolute Gasteiger partial charge is 0.320 e. The largest absolute Gasteiger partial charge is 0.484 e. The molecule has 2 heterocycles. The fourth-order valence-corrected chi connectivity index (χ4v) is 6.00. The van der Waals surface area contributed by atoms with Crippen molar-refractivity contribution in [3.63, 3.8) is 0 Å². The van der Waals surface area contributed by atoms with Crippen LogP contribution >= 0.6 is 0 Å². The molecule has 0 saturated carbocycles. The number of nitrogens with one attached hydrogen (secondary N) is 4. The van der Waals surface area contributed by atoms with E-state index in [9.17, 15) is 9.59 Å². The number of carbonyl (C=O) groups is 2. The van der Waals surface area contributed by atoms with Crippen LogP contribution in [-0.2, 0) is 0 Å². The number of likely N-dealkylation sites (tertiary alicyclic amines) is 1. The zero-order chi connectivity index (χ0) is 34.4. The minimum atomic E-state index is -0.423. The number of pyridine rings is 1. The summed E-state index contributed by atoms with van der Waals surface area (Å²) in [7, 11) is 0. The van der Waals surface area contributed by atoms with Crippen molar-refractivity contribution in [2.45, 2.75) is 78.0 Å². The first-order valence-corrected chi connectivity index (χ1v) is 16.5. The molecule has 1 aromatic heterocycles. The Morgan fingerprint density at radius 1 is 1.02 bits per heavy atom. The van der Waals surface area contributed by atoms with Crippen molar-refractivity contribution in [1.29, 1.82) is 10.8 Å². The summed E-state index contributed by atoms with van der Waals surface area (Å²) in [6, 6.07) is 17.6. The highest BCUT2D eigenvalue weighted by atomic mass is 16.5.